The molecule has 0 amide bonds. The van der Waals surface area contributed by atoms with Gasteiger partial charge in [-0.05, 0) is 30.2 Å². The summed E-state index contributed by atoms with van der Waals surface area (Å²) in [6.45, 7) is 2.07. The average Bonchev–Trinajstić information content (AvgIpc) is 3.02. The second kappa shape index (κ2) is 5.89. The van der Waals surface area contributed by atoms with Gasteiger partial charge in [-0.1, -0.05) is 49.4 Å². The highest BCUT2D eigenvalue weighted by atomic mass is 19.1. The van der Waals surface area contributed by atoms with Crippen LogP contribution in [0.5, 0.6) is 0 Å². The maximum absolute atomic E-state index is 13.3. The van der Waals surface area contributed by atoms with Crippen molar-refractivity contribution in [3.8, 4) is 22.4 Å². The van der Waals surface area contributed by atoms with Gasteiger partial charge in [0.25, 0.3) is 0 Å². The first-order valence-corrected chi connectivity index (χ1v) is 7.96. The minimum atomic E-state index is -0.244. The number of hydrogen-bond donors (Lipinski definition) is 0. The monoisotopic (exact) mass is 317 g/mol. The first kappa shape index (κ1) is 14.6. The summed E-state index contributed by atoms with van der Waals surface area (Å²) in [7, 11) is 0. The molecular formula is C20H16FN3. The normalized spacial score (nSPS) is 11.1. The van der Waals surface area contributed by atoms with Crippen molar-refractivity contribution >= 4 is 5.65 Å². The van der Waals surface area contributed by atoms with Crippen molar-refractivity contribution in [3.05, 3.63) is 78.4 Å². The van der Waals surface area contributed by atoms with Crippen molar-refractivity contribution in [1.29, 1.82) is 0 Å². The molecule has 0 saturated carbocycles. The van der Waals surface area contributed by atoms with Gasteiger partial charge in [-0.15, -0.1) is 0 Å². The maximum Gasteiger partial charge on any atom is 0.163 e. The number of fused-ring (bicyclic) bond motifs is 1. The molecule has 0 aliphatic rings. The molecule has 0 saturated heterocycles. The molecule has 0 fully saturated rings. The Balaban J connectivity index is 2.00. The molecule has 0 aliphatic carbocycles. The van der Waals surface area contributed by atoms with Gasteiger partial charge in [0.2, 0.25) is 0 Å². The number of aryl methyl sites for hydroxylation is 1. The van der Waals surface area contributed by atoms with E-state index >= 15 is 0 Å². The molecule has 4 rings (SSSR count). The quantitative estimate of drug-likeness (QED) is 0.545. The Morgan fingerprint density at radius 3 is 2.38 bits per heavy atom. The van der Waals surface area contributed by atoms with Crippen LogP contribution < -0.4 is 0 Å². The lowest BCUT2D eigenvalue weighted by atomic mass is 10.0. The highest BCUT2D eigenvalue weighted by Crippen LogP contribution is 2.30. The Bertz CT molecular complexity index is 989. The van der Waals surface area contributed by atoms with Gasteiger partial charge in [0, 0.05) is 17.3 Å². The third-order valence-electron chi connectivity index (χ3n) is 4.13. The summed E-state index contributed by atoms with van der Waals surface area (Å²) in [6, 6.07) is 18.6. The van der Waals surface area contributed by atoms with Crippen molar-refractivity contribution in [2.24, 2.45) is 0 Å². The van der Waals surface area contributed by atoms with E-state index in [0.717, 1.165) is 40.1 Å². The zero-order valence-corrected chi connectivity index (χ0v) is 13.3. The fourth-order valence-corrected chi connectivity index (χ4v) is 2.98. The lowest BCUT2D eigenvalue weighted by molar-refractivity contribution is 0.628. The summed E-state index contributed by atoms with van der Waals surface area (Å²) in [5.41, 5.74) is 5.72. The Hall–Kier alpha value is -3.01. The number of hydrogen-bond acceptors (Lipinski definition) is 2. The number of benzene rings is 2. The van der Waals surface area contributed by atoms with Crippen LogP contribution in [-0.2, 0) is 6.42 Å². The van der Waals surface area contributed by atoms with Crippen molar-refractivity contribution in [3.63, 3.8) is 0 Å². The van der Waals surface area contributed by atoms with Crippen LogP contribution in [0.3, 0.4) is 0 Å². The van der Waals surface area contributed by atoms with E-state index < -0.39 is 0 Å². The van der Waals surface area contributed by atoms with Gasteiger partial charge in [-0.2, -0.15) is 5.10 Å². The molecule has 2 heterocycles. The molecule has 24 heavy (non-hydrogen) atoms. The predicted octanol–water partition coefficient (Wildman–Crippen LogP) is 4.76. The Morgan fingerprint density at radius 1 is 0.917 bits per heavy atom. The van der Waals surface area contributed by atoms with Crippen LogP contribution in [0.2, 0.25) is 0 Å². The standard InChI is InChI=1S/C20H16FN3/c1-2-17-19(15-8-10-16(21)11-9-15)20-22-13-12-18(24(20)23-17)14-6-4-3-5-7-14/h3-13H,2H2,1H3. The molecule has 0 radical (unpaired) electrons. The Morgan fingerprint density at radius 2 is 1.67 bits per heavy atom. The first-order valence-electron chi connectivity index (χ1n) is 7.96. The highest BCUT2D eigenvalue weighted by molar-refractivity contribution is 5.81. The van der Waals surface area contributed by atoms with Crippen molar-refractivity contribution in [2.45, 2.75) is 13.3 Å². The third-order valence-corrected chi connectivity index (χ3v) is 4.13. The number of aromatic nitrogens is 3. The largest absolute Gasteiger partial charge is 0.236 e. The average molecular weight is 317 g/mol. The Labute approximate surface area is 139 Å². The topological polar surface area (TPSA) is 30.2 Å². The molecule has 0 atom stereocenters. The maximum atomic E-state index is 13.3. The molecule has 0 aliphatic heterocycles. The van der Waals surface area contributed by atoms with Crippen LogP contribution >= 0.6 is 0 Å². The van der Waals surface area contributed by atoms with Gasteiger partial charge in [0.05, 0.1) is 11.4 Å². The minimum Gasteiger partial charge on any atom is -0.236 e. The van der Waals surface area contributed by atoms with Gasteiger partial charge < -0.3 is 0 Å². The lowest BCUT2D eigenvalue weighted by Gasteiger charge is -2.05. The molecular weight excluding hydrogens is 301 g/mol. The van der Waals surface area contributed by atoms with Crippen LogP contribution in [0, 0.1) is 5.82 Å². The zero-order valence-electron chi connectivity index (χ0n) is 13.3. The fourth-order valence-electron chi connectivity index (χ4n) is 2.98. The summed E-state index contributed by atoms with van der Waals surface area (Å²) in [4.78, 5) is 4.54. The summed E-state index contributed by atoms with van der Waals surface area (Å²) < 4.78 is 15.2. The van der Waals surface area contributed by atoms with E-state index in [9.17, 15) is 4.39 Å². The molecule has 2 aromatic heterocycles. The van der Waals surface area contributed by atoms with E-state index in [1.54, 1.807) is 18.3 Å². The molecule has 118 valence electrons. The summed E-state index contributed by atoms with van der Waals surface area (Å²) >= 11 is 0. The molecule has 0 unspecified atom stereocenters. The second-order valence-corrected chi connectivity index (χ2v) is 5.61. The molecule has 4 heteroatoms. The van der Waals surface area contributed by atoms with E-state index in [1.807, 2.05) is 28.8 Å². The predicted molar refractivity (Wildman–Crippen MR) is 93.2 cm³/mol. The van der Waals surface area contributed by atoms with E-state index in [2.05, 4.69) is 24.0 Å². The van der Waals surface area contributed by atoms with Crippen LogP contribution in [-0.4, -0.2) is 14.6 Å². The molecule has 4 aromatic rings. The van der Waals surface area contributed by atoms with Gasteiger partial charge >= 0.3 is 0 Å². The molecule has 3 nitrogen and oxygen atoms in total. The smallest absolute Gasteiger partial charge is 0.163 e. The van der Waals surface area contributed by atoms with E-state index in [1.165, 1.54) is 12.1 Å². The fraction of sp³-hybridized carbons (Fsp3) is 0.100. The first-order chi connectivity index (χ1) is 11.8. The van der Waals surface area contributed by atoms with Crippen LogP contribution in [0.1, 0.15) is 12.6 Å². The number of rotatable bonds is 3. The Kier molecular flexibility index (Phi) is 3.58. The van der Waals surface area contributed by atoms with E-state index in [0.29, 0.717) is 0 Å². The van der Waals surface area contributed by atoms with Crippen molar-refractivity contribution < 1.29 is 4.39 Å². The molecule has 2 aromatic carbocycles. The van der Waals surface area contributed by atoms with Gasteiger partial charge in [0.15, 0.2) is 5.65 Å². The van der Waals surface area contributed by atoms with Crippen molar-refractivity contribution in [1.82, 2.24) is 14.6 Å². The summed E-state index contributed by atoms with van der Waals surface area (Å²) in [5.74, 6) is -0.244. The van der Waals surface area contributed by atoms with Gasteiger partial charge in [-0.3, -0.25) is 0 Å². The van der Waals surface area contributed by atoms with E-state index in [4.69, 9.17) is 5.10 Å². The van der Waals surface area contributed by atoms with Gasteiger partial charge in [0.1, 0.15) is 5.82 Å². The van der Waals surface area contributed by atoms with Crippen LogP contribution in [0.4, 0.5) is 4.39 Å². The zero-order chi connectivity index (χ0) is 16.5. The highest BCUT2D eigenvalue weighted by Gasteiger charge is 2.17. The number of nitrogens with zero attached hydrogens (tertiary/aromatic N) is 3. The van der Waals surface area contributed by atoms with Crippen molar-refractivity contribution in [2.75, 3.05) is 0 Å². The second-order valence-electron chi connectivity index (χ2n) is 5.61. The number of halogens is 1. The van der Waals surface area contributed by atoms with Crippen LogP contribution in [0.15, 0.2) is 66.9 Å². The molecule has 0 bridgehead atoms. The lowest BCUT2D eigenvalue weighted by Crippen LogP contribution is -1.95. The minimum absolute atomic E-state index is 0.244. The van der Waals surface area contributed by atoms with E-state index in [-0.39, 0.29) is 5.82 Å². The van der Waals surface area contributed by atoms with Crippen LogP contribution in [0.25, 0.3) is 28.0 Å². The summed E-state index contributed by atoms with van der Waals surface area (Å²) in [6.07, 6.45) is 2.58. The van der Waals surface area contributed by atoms with Gasteiger partial charge in [-0.25, -0.2) is 13.9 Å². The SMILES string of the molecule is CCc1nn2c(-c3ccccc3)ccnc2c1-c1ccc(F)cc1. The third kappa shape index (κ3) is 2.36. The summed E-state index contributed by atoms with van der Waals surface area (Å²) in [5, 5.41) is 4.77. The molecule has 0 spiro atoms. The molecule has 0 N–H and O–H groups in total.